The van der Waals surface area contributed by atoms with Crippen LogP contribution in [-0.2, 0) is 4.74 Å². The Kier molecular flexibility index (Phi) is 4.22. The van der Waals surface area contributed by atoms with Gasteiger partial charge in [0.2, 0.25) is 5.88 Å². The molecule has 5 nitrogen and oxygen atoms in total. The van der Waals surface area contributed by atoms with Crippen LogP contribution in [0.4, 0.5) is 5.82 Å². The number of aromatic nitrogens is 2. The van der Waals surface area contributed by atoms with Crippen LogP contribution >= 0.6 is 11.6 Å². The van der Waals surface area contributed by atoms with Crippen LogP contribution in [0.2, 0.25) is 5.02 Å². The maximum Gasteiger partial charge on any atom is 0.224 e. The minimum Gasteiger partial charge on any atom is -0.439 e. The van der Waals surface area contributed by atoms with Crippen molar-refractivity contribution >= 4 is 17.4 Å². The number of benzene rings is 1. The second-order valence-corrected chi connectivity index (χ2v) is 5.23. The molecule has 1 aliphatic heterocycles. The van der Waals surface area contributed by atoms with Crippen molar-refractivity contribution in [1.29, 1.82) is 0 Å². The van der Waals surface area contributed by atoms with E-state index in [-0.39, 0.29) is 0 Å². The molecular formula is C15H16ClN3O2. The number of aryl methyl sites for hydroxylation is 1. The molecule has 0 aliphatic carbocycles. The highest BCUT2D eigenvalue weighted by Gasteiger charge is 2.13. The van der Waals surface area contributed by atoms with Crippen molar-refractivity contribution in [2.75, 3.05) is 31.2 Å². The SMILES string of the molecule is Cc1cc(Oc2cc(N3CCOCC3)ncn2)ccc1Cl. The van der Waals surface area contributed by atoms with Gasteiger partial charge in [-0.25, -0.2) is 9.97 Å². The summed E-state index contributed by atoms with van der Waals surface area (Å²) in [5, 5.41) is 0.721. The molecule has 2 aromatic rings. The molecule has 0 saturated carbocycles. The normalized spacial score (nSPS) is 15.0. The summed E-state index contributed by atoms with van der Waals surface area (Å²) in [4.78, 5) is 10.6. The molecule has 0 amide bonds. The van der Waals surface area contributed by atoms with Crippen LogP contribution in [0, 0.1) is 6.92 Å². The highest BCUT2D eigenvalue weighted by molar-refractivity contribution is 6.31. The van der Waals surface area contributed by atoms with Crippen molar-refractivity contribution in [2.24, 2.45) is 0 Å². The van der Waals surface area contributed by atoms with E-state index in [1.165, 1.54) is 6.33 Å². The zero-order valence-corrected chi connectivity index (χ0v) is 12.5. The largest absolute Gasteiger partial charge is 0.439 e. The summed E-state index contributed by atoms with van der Waals surface area (Å²) < 4.78 is 11.1. The molecule has 1 aliphatic rings. The van der Waals surface area contributed by atoms with Crippen molar-refractivity contribution in [3.05, 3.63) is 41.2 Å². The Balaban J connectivity index is 1.77. The van der Waals surface area contributed by atoms with E-state index in [1.54, 1.807) is 0 Å². The highest BCUT2D eigenvalue weighted by atomic mass is 35.5. The monoisotopic (exact) mass is 305 g/mol. The van der Waals surface area contributed by atoms with Gasteiger partial charge in [0.1, 0.15) is 17.9 Å². The van der Waals surface area contributed by atoms with Gasteiger partial charge in [-0.15, -0.1) is 0 Å². The molecule has 0 unspecified atom stereocenters. The molecule has 0 atom stereocenters. The van der Waals surface area contributed by atoms with E-state index in [4.69, 9.17) is 21.1 Å². The maximum atomic E-state index is 6.01. The van der Waals surface area contributed by atoms with E-state index in [1.807, 2.05) is 31.2 Å². The van der Waals surface area contributed by atoms with Crippen molar-refractivity contribution in [1.82, 2.24) is 9.97 Å². The van der Waals surface area contributed by atoms with E-state index in [0.717, 1.165) is 42.7 Å². The van der Waals surface area contributed by atoms with Gasteiger partial charge in [0.25, 0.3) is 0 Å². The van der Waals surface area contributed by atoms with Gasteiger partial charge in [0.05, 0.1) is 13.2 Å². The Morgan fingerprint density at radius 3 is 2.76 bits per heavy atom. The molecule has 1 aromatic carbocycles. The zero-order valence-electron chi connectivity index (χ0n) is 11.8. The van der Waals surface area contributed by atoms with Gasteiger partial charge in [0, 0.05) is 24.2 Å². The molecule has 0 bridgehead atoms. The van der Waals surface area contributed by atoms with Crippen molar-refractivity contribution < 1.29 is 9.47 Å². The van der Waals surface area contributed by atoms with Crippen molar-refractivity contribution in [3.8, 4) is 11.6 Å². The Morgan fingerprint density at radius 2 is 2.00 bits per heavy atom. The molecule has 1 saturated heterocycles. The number of halogens is 1. The topological polar surface area (TPSA) is 47.5 Å². The first-order valence-electron chi connectivity index (χ1n) is 6.81. The molecule has 0 spiro atoms. The minimum absolute atomic E-state index is 0.521. The van der Waals surface area contributed by atoms with Crippen LogP contribution in [0.15, 0.2) is 30.6 Å². The summed E-state index contributed by atoms with van der Waals surface area (Å²) in [5.41, 5.74) is 0.969. The fraction of sp³-hybridized carbons (Fsp3) is 0.333. The molecule has 2 heterocycles. The molecule has 21 heavy (non-hydrogen) atoms. The second kappa shape index (κ2) is 6.28. The lowest BCUT2D eigenvalue weighted by Gasteiger charge is -2.27. The van der Waals surface area contributed by atoms with Crippen LogP contribution in [0.25, 0.3) is 0 Å². The van der Waals surface area contributed by atoms with Gasteiger partial charge in [-0.1, -0.05) is 11.6 Å². The lowest BCUT2D eigenvalue weighted by Crippen LogP contribution is -2.36. The predicted octanol–water partition coefficient (Wildman–Crippen LogP) is 3.07. The summed E-state index contributed by atoms with van der Waals surface area (Å²) in [6.07, 6.45) is 1.52. The van der Waals surface area contributed by atoms with Gasteiger partial charge in [-0.05, 0) is 30.7 Å². The quantitative estimate of drug-likeness (QED) is 0.872. The van der Waals surface area contributed by atoms with Crippen LogP contribution in [0.5, 0.6) is 11.6 Å². The van der Waals surface area contributed by atoms with E-state index < -0.39 is 0 Å². The summed E-state index contributed by atoms with van der Waals surface area (Å²) >= 11 is 6.01. The molecule has 0 N–H and O–H groups in total. The lowest BCUT2D eigenvalue weighted by molar-refractivity contribution is 0.122. The first kappa shape index (κ1) is 14.1. The summed E-state index contributed by atoms with van der Waals surface area (Å²) in [5.74, 6) is 2.09. The Bertz CT molecular complexity index is 630. The average molecular weight is 306 g/mol. The first-order valence-corrected chi connectivity index (χ1v) is 7.19. The maximum absolute atomic E-state index is 6.01. The molecule has 6 heteroatoms. The fourth-order valence-electron chi connectivity index (χ4n) is 2.15. The van der Waals surface area contributed by atoms with Crippen LogP contribution in [0.1, 0.15) is 5.56 Å². The van der Waals surface area contributed by atoms with E-state index in [9.17, 15) is 0 Å². The molecule has 110 valence electrons. The van der Waals surface area contributed by atoms with Crippen LogP contribution in [0.3, 0.4) is 0 Å². The van der Waals surface area contributed by atoms with Crippen molar-refractivity contribution in [3.63, 3.8) is 0 Å². The Labute approximate surface area is 128 Å². The predicted molar refractivity (Wildman–Crippen MR) is 81.3 cm³/mol. The third kappa shape index (κ3) is 3.43. The van der Waals surface area contributed by atoms with Crippen molar-refractivity contribution in [2.45, 2.75) is 6.92 Å². The van der Waals surface area contributed by atoms with Gasteiger partial charge in [-0.2, -0.15) is 0 Å². The molecular weight excluding hydrogens is 290 g/mol. The zero-order chi connectivity index (χ0) is 14.7. The summed E-state index contributed by atoms with van der Waals surface area (Å²) in [6.45, 7) is 5.04. The standard InChI is InChI=1S/C15H16ClN3O2/c1-11-8-12(2-3-13(11)16)21-15-9-14(17-10-18-15)19-4-6-20-7-5-19/h2-3,8-10H,4-7H2,1H3. The first-order chi connectivity index (χ1) is 10.2. The number of ether oxygens (including phenoxy) is 2. The van der Waals surface area contributed by atoms with Crippen LogP contribution in [-0.4, -0.2) is 36.3 Å². The Morgan fingerprint density at radius 1 is 1.19 bits per heavy atom. The average Bonchev–Trinajstić information content (AvgIpc) is 2.52. The summed E-state index contributed by atoms with van der Waals surface area (Å²) in [6, 6.07) is 7.37. The number of rotatable bonds is 3. The number of nitrogens with zero attached hydrogens (tertiary/aromatic N) is 3. The van der Waals surface area contributed by atoms with Gasteiger partial charge >= 0.3 is 0 Å². The van der Waals surface area contributed by atoms with Crippen LogP contribution < -0.4 is 9.64 Å². The van der Waals surface area contributed by atoms with E-state index in [2.05, 4.69) is 14.9 Å². The second-order valence-electron chi connectivity index (χ2n) is 4.83. The van der Waals surface area contributed by atoms with Gasteiger partial charge < -0.3 is 14.4 Å². The van der Waals surface area contributed by atoms with Gasteiger partial charge in [0.15, 0.2) is 0 Å². The smallest absolute Gasteiger partial charge is 0.224 e. The lowest BCUT2D eigenvalue weighted by atomic mass is 10.2. The van der Waals surface area contributed by atoms with E-state index in [0.29, 0.717) is 11.6 Å². The molecule has 0 radical (unpaired) electrons. The van der Waals surface area contributed by atoms with E-state index >= 15 is 0 Å². The number of hydrogen-bond donors (Lipinski definition) is 0. The number of morpholine rings is 1. The minimum atomic E-state index is 0.521. The Hall–Kier alpha value is -1.85. The number of anilines is 1. The molecule has 3 rings (SSSR count). The number of hydrogen-bond acceptors (Lipinski definition) is 5. The molecule has 1 aromatic heterocycles. The third-order valence-corrected chi connectivity index (χ3v) is 3.74. The summed E-state index contributed by atoms with van der Waals surface area (Å²) in [7, 11) is 0. The fourth-order valence-corrected chi connectivity index (χ4v) is 2.27. The third-order valence-electron chi connectivity index (χ3n) is 3.31. The molecule has 1 fully saturated rings. The highest BCUT2D eigenvalue weighted by Crippen LogP contribution is 2.26. The van der Waals surface area contributed by atoms with Gasteiger partial charge in [-0.3, -0.25) is 0 Å².